The van der Waals surface area contributed by atoms with Crippen molar-refractivity contribution in [1.29, 1.82) is 0 Å². The zero-order valence-electron chi connectivity index (χ0n) is 18.4. The van der Waals surface area contributed by atoms with Gasteiger partial charge in [-0.1, -0.05) is 24.0 Å². The largest absolute Gasteiger partial charge is 0.422 e. The van der Waals surface area contributed by atoms with Crippen molar-refractivity contribution in [2.45, 2.75) is 43.0 Å². The number of pyridine rings is 1. The van der Waals surface area contributed by atoms with Gasteiger partial charge in [-0.05, 0) is 55.6 Å². The molecule has 5 nitrogen and oxygen atoms in total. The van der Waals surface area contributed by atoms with Crippen molar-refractivity contribution in [3.63, 3.8) is 0 Å². The van der Waals surface area contributed by atoms with E-state index in [1.807, 2.05) is 6.07 Å². The molecule has 2 aromatic rings. The van der Waals surface area contributed by atoms with Crippen LogP contribution in [0.15, 0.2) is 47.5 Å². The molecule has 2 atom stereocenters. The molecule has 9 heteroatoms. The summed E-state index contributed by atoms with van der Waals surface area (Å²) in [6.45, 7) is 5.19. The van der Waals surface area contributed by atoms with Gasteiger partial charge in [-0.3, -0.25) is 0 Å². The van der Waals surface area contributed by atoms with Gasteiger partial charge in [-0.25, -0.2) is 9.29 Å². The van der Waals surface area contributed by atoms with E-state index in [1.54, 1.807) is 43.3 Å². The van der Waals surface area contributed by atoms with Crippen LogP contribution in [0.4, 0.5) is 24.7 Å². The fraction of sp³-hybridized carbons (Fsp3) is 0.375. The third-order valence-corrected chi connectivity index (χ3v) is 6.36. The number of benzene rings is 1. The fourth-order valence-electron chi connectivity index (χ4n) is 3.55. The molecule has 0 bridgehead atoms. The standard InChI is InChI=1S/C24H25F3N4OS/c1-3-5-13-23(32,24(25,26)27)18-7-9-19(10-8-18)31-15-14-30(17-20(31)6-4-2)33-21-11-12-22(28)29-16-21/h7-12,16,20,32H,13-15,17H2,1-2H3,(H2,28,29). The minimum atomic E-state index is -4.84. The number of nitrogens with zero attached hydrogens (tertiary/aromatic N) is 3. The van der Waals surface area contributed by atoms with Crippen LogP contribution in [0, 0.1) is 23.7 Å². The van der Waals surface area contributed by atoms with E-state index in [0.29, 0.717) is 18.9 Å². The molecule has 2 unspecified atom stereocenters. The predicted molar refractivity (Wildman–Crippen MR) is 125 cm³/mol. The average molecular weight is 475 g/mol. The molecule has 1 aliphatic rings. The maximum atomic E-state index is 13.6. The molecule has 1 saturated heterocycles. The third-order valence-electron chi connectivity index (χ3n) is 5.31. The first-order chi connectivity index (χ1) is 15.7. The van der Waals surface area contributed by atoms with E-state index in [-0.39, 0.29) is 11.6 Å². The van der Waals surface area contributed by atoms with Crippen LogP contribution in [0.5, 0.6) is 0 Å². The van der Waals surface area contributed by atoms with Crippen LogP contribution >= 0.6 is 11.9 Å². The molecule has 0 radical (unpaired) electrons. The topological polar surface area (TPSA) is 65.6 Å². The second-order valence-corrected chi connectivity index (χ2v) is 8.68. The Hall–Kier alpha value is -2.85. The second-order valence-electron chi connectivity index (χ2n) is 7.51. The van der Waals surface area contributed by atoms with Crippen molar-refractivity contribution >= 4 is 23.5 Å². The van der Waals surface area contributed by atoms with Crippen LogP contribution in [-0.4, -0.2) is 46.2 Å². The number of halogens is 3. The normalized spacial score (nSPS) is 18.5. The van der Waals surface area contributed by atoms with Crippen LogP contribution in [0.25, 0.3) is 0 Å². The van der Waals surface area contributed by atoms with E-state index in [9.17, 15) is 18.3 Å². The number of nitrogen functional groups attached to an aromatic ring is 1. The summed E-state index contributed by atoms with van der Waals surface area (Å²) in [5, 5.41) is 10.4. The maximum Gasteiger partial charge on any atom is 0.422 e. The Balaban J connectivity index is 1.78. The molecule has 2 heterocycles. The zero-order chi connectivity index (χ0) is 24.1. The Morgan fingerprint density at radius 1 is 1.12 bits per heavy atom. The molecule has 3 rings (SSSR count). The summed E-state index contributed by atoms with van der Waals surface area (Å²) < 4.78 is 43.0. The highest BCUT2D eigenvalue weighted by Gasteiger charge is 2.54. The third kappa shape index (κ3) is 5.75. The van der Waals surface area contributed by atoms with E-state index < -0.39 is 18.2 Å². The number of alkyl halides is 3. The molecule has 1 aromatic heterocycles. The van der Waals surface area contributed by atoms with Gasteiger partial charge in [0.15, 0.2) is 5.60 Å². The molecular weight excluding hydrogens is 449 g/mol. The summed E-state index contributed by atoms with van der Waals surface area (Å²) in [6, 6.07) is 9.35. The lowest BCUT2D eigenvalue weighted by Crippen LogP contribution is -2.50. The first-order valence-corrected chi connectivity index (χ1v) is 11.1. The Morgan fingerprint density at radius 2 is 1.85 bits per heavy atom. The van der Waals surface area contributed by atoms with Crippen molar-refractivity contribution < 1.29 is 18.3 Å². The van der Waals surface area contributed by atoms with Gasteiger partial charge >= 0.3 is 6.18 Å². The van der Waals surface area contributed by atoms with Crippen LogP contribution in [0.1, 0.15) is 25.8 Å². The minimum Gasteiger partial charge on any atom is -0.384 e. The van der Waals surface area contributed by atoms with E-state index in [0.717, 1.165) is 17.1 Å². The lowest BCUT2D eigenvalue weighted by atomic mass is 9.89. The Kier molecular flexibility index (Phi) is 7.80. The van der Waals surface area contributed by atoms with E-state index >= 15 is 0 Å². The molecule has 1 fully saturated rings. The van der Waals surface area contributed by atoms with Crippen molar-refractivity contribution in [3.8, 4) is 23.7 Å². The number of piperazine rings is 1. The van der Waals surface area contributed by atoms with Crippen LogP contribution in [0.2, 0.25) is 0 Å². The highest BCUT2D eigenvalue weighted by molar-refractivity contribution is 7.97. The Morgan fingerprint density at radius 3 is 2.42 bits per heavy atom. The molecule has 174 valence electrons. The minimum absolute atomic E-state index is 0.142. The van der Waals surface area contributed by atoms with Crippen LogP contribution in [-0.2, 0) is 5.60 Å². The van der Waals surface area contributed by atoms with Gasteiger partial charge in [0, 0.05) is 36.4 Å². The molecule has 0 amide bonds. The lowest BCUT2D eigenvalue weighted by Gasteiger charge is -2.40. The van der Waals surface area contributed by atoms with Crippen LogP contribution in [0.3, 0.4) is 0 Å². The number of anilines is 2. The zero-order valence-corrected chi connectivity index (χ0v) is 19.2. The molecule has 0 aliphatic carbocycles. The molecular formula is C24H25F3N4OS. The molecule has 0 saturated carbocycles. The monoisotopic (exact) mass is 474 g/mol. The van der Waals surface area contributed by atoms with Crippen LogP contribution < -0.4 is 10.6 Å². The fourth-order valence-corrected chi connectivity index (χ4v) is 4.46. The SMILES string of the molecule is CC#CCC(O)(c1ccc(N2CCN(Sc3ccc(N)nc3)CC2C#CC)cc1)C(F)(F)F. The summed E-state index contributed by atoms with van der Waals surface area (Å²) in [5.41, 5.74) is 3.15. The van der Waals surface area contributed by atoms with Gasteiger partial charge in [-0.15, -0.1) is 11.8 Å². The Bertz CT molecular complexity index is 1070. The molecule has 33 heavy (non-hydrogen) atoms. The summed E-state index contributed by atoms with van der Waals surface area (Å²) in [6.07, 6.45) is -3.84. The highest BCUT2D eigenvalue weighted by Crippen LogP contribution is 2.42. The summed E-state index contributed by atoms with van der Waals surface area (Å²) in [7, 11) is 0. The van der Waals surface area contributed by atoms with Crippen molar-refractivity contribution in [2.24, 2.45) is 0 Å². The molecule has 3 N–H and O–H groups in total. The van der Waals surface area contributed by atoms with E-state index in [1.165, 1.54) is 19.1 Å². The Labute approximate surface area is 196 Å². The van der Waals surface area contributed by atoms with Gasteiger partial charge in [0.05, 0.1) is 6.42 Å². The molecule has 0 spiro atoms. The number of aromatic nitrogens is 1. The highest BCUT2D eigenvalue weighted by atomic mass is 32.2. The first-order valence-electron chi connectivity index (χ1n) is 10.3. The summed E-state index contributed by atoms with van der Waals surface area (Å²) in [4.78, 5) is 7.14. The first kappa shape index (κ1) is 24.8. The lowest BCUT2D eigenvalue weighted by molar-refractivity contribution is -0.264. The summed E-state index contributed by atoms with van der Waals surface area (Å²) >= 11 is 1.57. The van der Waals surface area contributed by atoms with Crippen molar-refractivity contribution in [1.82, 2.24) is 9.29 Å². The van der Waals surface area contributed by atoms with Gasteiger partial charge in [0.2, 0.25) is 0 Å². The quantitative estimate of drug-likeness (QED) is 0.504. The smallest absolute Gasteiger partial charge is 0.384 e. The number of hydrogen-bond donors (Lipinski definition) is 2. The van der Waals surface area contributed by atoms with Gasteiger partial charge in [0.25, 0.3) is 0 Å². The van der Waals surface area contributed by atoms with Gasteiger partial charge < -0.3 is 15.7 Å². The number of rotatable bonds is 5. The van der Waals surface area contributed by atoms with Crippen molar-refractivity contribution in [2.75, 3.05) is 30.3 Å². The number of aliphatic hydroxyl groups is 1. The number of nitrogens with two attached hydrogens (primary N) is 1. The number of hydrogen-bond acceptors (Lipinski definition) is 6. The maximum absolute atomic E-state index is 13.6. The van der Waals surface area contributed by atoms with Crippen molar-refractivity contribution in [3.05, 3.63) is 48.2 Å². The van der Waals surface area contributed by atoms with E-state index in [2.05, 4.69) is 37.9 Å². The predicted octanol–water partition coefficient (Wildman–Crippen LogP) is 4.05. The second kappa shape index (κ2) is 10.4. The average Bonchev–Trinajstić information content (AvgIpc) is 2.79. The van der Waals surface area contributed by atoms with Gasteiger partial charge in [-0.2, -0.15) is 13.2 Å². The summed E-state index contributed by atoms with van der Waals surface area (Å²) in [5.74, 6) is 11.4. The van der Waals surface area contributed by atoms with Gasteiger partial charge in [0.1, 0.15) is 11.9 Å². The molecule has 1 aliphatic heterocycles. The molecule has 1 aromatic carbocycles. The van der Waals surface area contributed by atoms with E-state index in [4.69, 9.17) is 5.73 Å².